The van der Waals surface area contributed by atoms with Gasteiger partial charge in [-0.3, -0.25) is 0 Å². The first kappa shape index (κ1) is 21.8. The molecular formula is C14H22N2O10. The van der Waals surface area contributed by atoms with Gasteiger partial charge in [-0.15, -0.1) is 0 Å². The van der Waals surface area contributed by atoms with Gasteiger partial charge in [0.15, 0.2) is 0 Å². The molecule has 148 valence electrons. The van der Waals surface area contributed by atoms with Crippen molar-refractivity contribution in [1.29, 1.82) is 0 Å². The molecule has 4 heterocycles. The highest BCUT2D eigenvalue weighted by Gasteiger charge is 2.43. The third-order valence-electron chi connectivity index (χ3n) is 4.09. The highest BCUT2D eigenvalue weighted by atomic mass is 16.5. The van der Waals surface area contributed by atoms with Crippen molar-refractivity contribution in [3.8, 4) is 0 Å². The topological polar surface area (TPSA) is 192 Å². The molecule has 0 radical (unpaired) electrons. The van der Waals surface area contributed by atoms with Crippen LogP contribution >= 0.6 is 0 Å². The number of rotatable bonds is 0. The number of aliphatic carboxylic acids is 4. The quantitative estimate of drug-likeness (QED) is 0.250. The van der Waals surface area contributed by atoms with Gasteiger partial charge in [0.1, 0.15) is 0 Å². The van der Waals surface area contributed by atoms with Crippen LogP contribution in [0.3, 0.4) is 0 Å². The minimum atomic E-state index is -1.82. The maximum Gasteiger partial charge on any atom is 0.414 e. The van der Waals surface area contributed by atoms with Gasteiger partial charge in [0, 0.05) is 0 Å². The van der Waals surface area contributed by atoms with Gasteiger partial charge in [-0.1, -0.05) is 0 Å². The molecular weight excluding hydrogens is 356 g/mol. The smallest absolute Gasteiger partial charge is 0.414 e. The zero-order valence-electron chi connectivity index (χ0n) is 13.9. The Morgan fingerprint density at radius 1 is 0.615 bits per heavy atom. The van der Waals surface area contributed by atoms with Gasteiger partial charge in [0.2, 0.25) is 0 Å². The van der Waals surface area contributed by atoms with Gasteiger partial charge < -0.3 is 40.5 Å². The number of carboxylic acid groups (broad SMARTS) is 4. The number of hydrogen-bond acceptors (Lipinski definition) is 8. The van der Waals surface area contributed by atoms with Crippen molar-refractivity contribution in [2.24, 2.45) is 0 Å². The number of ether oxygens (including phenoxy) is 2. The summed E-state index contributed by atoms with van der Waals surface area (Å²) in [5.74, 6) is -7.30. The van der Waals surface area contributed by atoms with E-state index >= 15 is 0 Å². The summed E-state index contributed by atoms with van der Waals surface area (Å²) >= 11 is 0. The Kier molecular flexibility index (Phi) is 7.89. The summed E-state index contributed by atoms with van der Waals surface area (Å²) in [7, 11) is 0. The lowest BCUT2D eigenvalue weighted by Crippen LogP contribution is -2.68. The minimum Gasteiger partial charge on any atom is -0.473 e. The Balaban J connectivity index is 0.000000174. The van der Waals surface area contributed by atoms with E-state index in [-0.39, 0.29) is 0 Å². The molecule has 4 fully saturated rings. The summed E-state index contributed by atoms with van der Waals surface area (Å²) in [4.78, 5) is 36.4. The highest BCUT2D eigenvalue weighted by molar-refractivity contribution is 6.27. The predicted molar refractivity (Wildman–Crippen MR) is 82.9 cm³/mol. The van der Waals surface area contributed by atoms with Gasteiger partial charge in [-0.25, -0.2) is 19.2 Å². The van der Waals surface area contributed by atoms with E-state index in [9.17, 15) is 0 Å². The summed E-state index contributed by atoms with van der Waals surface area (Å²) in [6.45, 7) is 6.20. The van der Waals surface area contributed by atoms with Gasteiger partial charge in [-0.05, 0) is 25.9 Å². The van der Waals surface area contributed by atoms with Crippen molar-refractivity contribution >= 4 is 23.9 Å². The first-order valence-corrected chi connectivity index (χ1v) is 7.69. The average Bonchev–Trinajstić information content (AvgIpc) is 2.33. The Morgan fingerprint density at radius 3 is 0.846 bits per heavy atom. The molecule has 0 saturated carbocycles. The van der Waals surface area contributed by atoms with Gasteiger partial charge in [0.25, 0.3) is 0 Å². The van der Waals surface area contributed by atoms with E-state index in [0.29, 0.717) is 11.1 Å². The number of carbonyl (C=O) groups is 4. The maximum atomic E-state index is 9.10. The van der Waals surface area contributed by atoms with E-state index in [1.807, 2.05) is 0 Å². The fourth-order valence-corrected chi connectivity index (χ4v) is 2.15. The monoisotopic (exact) mass is 378 g/mol. The zero-order chi connectivity index (χ0) is 19.8. The Labute approximate surface area is 148 Å². The summed E-state index contributed by atoms with van der Waals surface area (Å²) in [5.41, 5.74) is 0.944. The molecule has 0 atom stereocenters. The van der Waals surface area contributed by atoms with Crippen molar-refractivity contribution in [1.82, 2.24) is 10.6 Å². The molecule has 0 bridgehead atoms. The van der Waals surface area contributed by atoms with Crippen LogP contribution in [0, 0.1) is 0 Å². The maximum absolute atomic E-state index is 9.10. The lowest BCUT2D eigenvalue weighted by atomic mass is 9.86. The Hall–Kier alpha value is -2.28. The molecule has 4 aliphatic rings. The molecule has 4 aliphatic heterocycles. The summed E-state index contributed by atoms with van der Waals surface area (Å²) in [6, 6.07) is 0. The number of hydrogen-bond donors (Lipinski definition) is 6. The van der Waals surface area contributed by atoms with Crippen LogP contribution in [0.15, 0.2) is 0 Å². The third kappa shape index (κ3) is 6.55. The molecule has 2 spiro atoms. The van der Waals surface area contributed by atoms with Gasteiger partial charge in [0.05, 0.1) is 37.5 Å². The summed E-state index contributed by atoms with van der Waals surface area (Å²) in [6.07, 6.45) is 2.65. The van der Waals surface area contributed by atoms with Gasteiger partial charge >= 0.3 is 23.9 Å². The Bertz CT molecular complexity index is 431. The third-order valence-corrected chi connectivity index (χ3v) is 4.09. The van der Waals surface area contributed by atoms with Crippen LogP contribution in [0.1, 0.15) is 12.8 Å². The SMILES string of the molecule is C1CC2(COC2)N1.C1CC2(COC2)N1.O=C(O)C(=O)O.O=C(O)C(=O)O. The van der Waals surface area contributed by atoms with Crippen molar-refractivity contribution in [2.45, 2.75) is 23.9 Å². The summed E-state index contributed by atoms with van der Waals surface area (Å²) in [5, 5.41) is 36.2. The standard InChI is InChI=1S/2C5H9NO.2C2H2O4/c2*1-2-6-5(1)3-7-4-5;2*3-1(4)2(5)6/h2*6H,1-4H2;2*(H,3,4)(H,5,6). The van der Waals surface area contributed by atoms with Crippen molar-refractivity contribution in [3.05, 3.63) is 0 Å². The first-order chi connectivity index (χ1) is 12.1. The second kappa shape index (κ2) is 9.43. The van der Waals surface area contributed by atoms with Crippen LogP contribution in [0.4, 0.5) is 0 Å². The molecule has 4 rings (SSSR count). The molecule has 0 aromatic heterocycles. The van der Waals surface area contributed by atoms with E-state index in [1.54, 1.807) is 0 Å². The molecule has 0 aromatic carbocycles. The van der Waals surface area contributed by atoms with Crippen LogP contribution in [0.2, 0.25) is 0 Å². The van der Waals surface area contributed by atoms with Crippen LogP contribution in [0.25, 0.3) is 0 Å². The lowest BCUT2D eigenvalue weighted by Gasteiger charge is -2.49. The molecule has 26 heavy (non-hydrogen) atoms. The lowest BCUT2D eigenvalue weighted by molar-refractivity contribution is -0.159. The second-order valence-electron chi connectivity index (χ2n) is 6.12. The van der Waals surface area contributed by atoms with E-state index < -0.39 is 23.9 Å². The highest BCUT2D eigenvalue weighted by Crippen LogP contribution is 2.27. The fraction of sp³-hybridized carbons (Fsp3) is 0.714. The van der Waals surface area contributed by atoms with E-state index in [4.69, 9.17) is 49.1 Å². The molecule has 6 N–H and O–H groups in total. The number of nitrogens with one attached hydrogen (secondary N) is 2. The first-order valence-electron chi connectivity index (χ1n) is 7.69. The average molecular weight is 378 g/mol. The van der Waals surface area contributed by atoms with Crippen molar-refractivity contribution < 1.29 is 49.1 Å². The van der Waals surface area contributed by atoms with E-state index in [2.05, 4.69) is 10.6 Å². The minimum absolute atomic E-state index is 0.472. The van der Waals surface area contributed by atoms with Crippen molar-refractivity contribution in [3.63, 3.8) is 0 Å². The van der Waals surface area contributed by atoms with E-state index in [1.165, 1.54) is 25.9 Å². The molecule has 12 heteroatoms. The van der Waals surface area contributed by atoms with E-state index in [0.717, 1.165) is 26.4 Å². The molecule has 4 saturated heterocycles. The second-order valence-corrected chi connectivity index (χ2v) is 6.12. The largest absolute Gasteiger partial charge is 0.473 e. The van der Waals surface area contributed by atoms with Crippen LogP contribution in [-0.2, 0) is 28.7 Å². The van der Waals surface area contributed by atoms with Crippen LogP contribution in [-0.4, -0.2) is 94.9 Å². The summed E-state index contributed by atoms with van der Waals surface area (Å²) < 4.78 is 10.0. The van der Waals surface area contributed by atoms with Crippen molar-refractivity contribution in [2.75, 3.05) is 39.5 Å². The van der Waals surface area contributed by atoms with Gasteiger partial charge in [-0.2, -0.15) is 0 Å². The molecule has 0 unspecified atom stereocenters. The van der Waals surface area contributed by atoms with Crippen LogP contribution < -0.4 is 10.6 Å². The molecule has 12 nitrogen and oxygen atoms in total. The zero-order valence-corrected chi connectivity index (χ0v) is 13.9. The fourth-order valence-electron chi connectivity index (χ4n) is 2.15. The number of carboxylic acids is 4. The Morgan fingerprint density at radius 2 is 0.846 bits per heavy atom. The predicted octanol–water partition coefficient (Wildman–Crippen LogP) is -2.19. The molecule has 0 aromatic rings. The normalized spacial score (nSPS) is 21.8. The van der Waals surface area contributed by atoms with Crippen LogP contribution in [0.5, 0.6) is 0 Å². The molecule has 0 amide bonds. The molecule has 0 aliphatic carbocycles.